The Labute approximate surface area is 109 Å². The Bertz CT molecular complexity index is 405. The number of carbonyl (C=O) groups is 1. The van der Waals surface area contributed by atoms with Crippen LogP contribution in [0.5, 0.6) is 5.75 Å². The predicted octanol–water partition coefficient (Wildman–Crippen LogP) is 2.18. The minimum atomic E-state index is -0.00617. The maximum absolute atomic E-state index is 11.4. The number of anilines is 1. The van der Waals surface area contributed by atoms with Crippen molar-refractivity contribution in [1.29, 1.82) is 0 Å². The van der Waals surface area contributed by atoms with E-state index in [0.29, 0.717) is 24.5 Å². The molecule has 1 aromatic rings. The number of carbonyl (C=O) groups excluding carboxylic acids is 1. The fraction of sp³-hybridized carbons (Fsp3) is 0.500. The summed E-state index contributed by atoms with van der Waals surface area (Å²) in [6, 6.07) is 4.04. The number of nitrogen functional groups attached to an aromatic ring is 1. The van der Waals surface area contributed by atoms with Crippen molar-refractivity contribution in [3.8, 4) is 5.75 Å². The average molecular weight is 250 g/mol. The molecule has 0 aromatic heterocycles. The zero-order valence-corrected chi connectivity index (χ0v) is 11.5. The Hall–Kier alpha value is -1.71. The molecule has 4 heteroatoms. The molecule has 3 N–H and O–H groups in total. The van der Waals surface area contributed by atoms with E-state index in [1.54, 1.807) is 0 Å². The predicted molar refractivity (Wildman–Crippen MR) is 73.7 cm³/mol. The molecule has 0 fully saturated rings. The third-order valence-electron chi connectivity index (χ3n) is 2.47. The molecule has 0 aliphatic rings. The van der Waals surface area contributed by atoms with Gasteiger partial charge in [0.25, 0.3) is 0 Å². The fourth-order valence-corrected chi connectivity index (χ4v) is 1.82. The number of nitrogens with two attached hydrogens (primary N) is 1. The summed E-state index contributed by atoms with van der Waals surface area (Å²) in [6.45, 7) is 8.14. The molecule has 0 atom stereocenters. The third-order valence-corrected chi connectivity index (χ3v) is 2.47. The van der Waals surface area contributed by atoms with Gasteiger partial charge in [-0.2, -0.15) is 0 Å². The lowest BCUT2D eigenvalue weighted by atomic mass is 10.1. The van der Waals surface area contributed by atoms with E-state index in [1.807, 2.05) is 39.8 Å². The van der Waals surface area contributed by atoms with Gasteiger partial charge in [0.15, 0.2) is 0 Å². The number of benzene rings is 1. The minimum absolute atomic E-state index is 0.00617. The molecule has 1 amide bonds. The first-order valence-corrected chi connectivity index (χ1v) is 6.19. The highest BCUT2D eigenvalue weighted by molar-refractivity contribution is 5.76. The van der Waals surface area contributed by atoms with Crippen LogP contribution in [-0.4, -0.2) is 18.6 Å². The van der Waals surface area contributed by atoms with Gasteiger partial charge in [-0.25, -0.2) is 0 Å². The molecule has 100 valence electrons. The number of ether oxygens (including phenoxy) is 1. The second-order valence-corrected chi connectivity index (χ2v) is 4.82. The summed E-state index contributed by atoms with van der Waals surface area (Å²) < 4.78 is 5.59. The monoisotopic (exact) mass is 250 g/mol. The standard InChI is InChI=1S/C14H22N2O2/c1-9(2)16-13(17)5-6-18-14-11(4)7-10(3)8-12(14)15/h7-9H,5-6,15H2,1-4H3,(H,16,17). The molecule has 0 bridgehead atoms. The smallest absolute Gasteiger partial charge is 0.223 e. The van der Waals surface area contributed by atoms with Crippen molar-refractivity contribution in [3.05, 3.63) is 23.3 Å². The second kappa shape index (κ2) is 6.28. The van der Waals surface area contributed by atoms with Gasteiger partial charge in [-0.3, -0.25) is 4.79 Å². The van der Waals surface area contributed by atoms with E-state index in [9.17, 15) is 4.79 Å². The van der Waals surface area contributed by atoms with Gasteiger partial charge in [0.1, 0.15) is 5.75 Å². The summed E-state index contributed by atoms with van der Waals surface area (Å²) in [5.74, 6) is 0.672. The van der Waals surface area contributed by atoms with Crippen LogP contribution in [0.25, 0.3) is 0 Å². The number of hydrogen-bond acceptors (Lipinski definition) is 3. The zero-order valence-electron chi connectivity index (χ0n) is 11.5. The van der Waals surface area contributed by atoms with Crippen molar-refractivity contribution >= 4 is 11.6 Å². The Morgan fingerprint density at radius 1 is 1.39 bits per heavy atom. The summed E-state index contributed by atoms with van der Waals surface area (Å²) in [5.41, 5.74) is 8.62. The van der Waals surface area contributed by atoms with Gasteiger partial charge < -0.3 is 15.8 Å². The van der Waals surface area contributed by atoms with Crippen LogP contribution >= 0.6 is 0 Å². The zero-order chi connectivity index (χ0) is 13.7. The fourth-order valence-electron chi connectivity index (χ4n) is 1.82. The average Bonchev–Trinajstić information content (AvgIpc) is 2.20. The second-order valence-electron chi connectivity index (χ2n) is 4.82. The first-order valence-electron chi connectivity index (χ1n) is 6.19. The van der Waals surface area contributed by atoms with Gasteiger partial charge in [0.05, 0.1) is 18.7 Å². The van der Waals surface area contributed by atoms with Gasteiger partial charge in [0, 0.05) is 6.04 Å². The number of amides is 1. The molecule has 0 aliphatic heterocycles. The van der Waals surface area contributed by atoms with Crippen LogP contribution in [0.2, 0.25) is 0 Å². The topological polar surface area (TPSA) is 64.3 Å². The largest absolute Gasteiger partial charge is 0.491 e. The van der Waals surface area contributed by atoms with E-state index in [4.69, 9.17) is 10.5 Å². The molecule has 1 aromatic carbocycles. The normalized spacial score (nSPS) is 10.5. The maximum atomic E-state index is 11.4. The quantitative estimate of drug-likeness (QED) is 0.787. The number of nitrogens with one attached hydrogen (secondary N) is 1. The highest BCUT2D eigenvalue weighted by Crippen LogP contribution is 2.27. The Morgan fingerprint density at radius 3 is 2.61 bits per heavy atom. The van der Waals surface area contributed by atoms with Gasteiger partial charge in [0.2, 0.25) is 5.91 Å². The van der Waals surface area contributed by atoms with Crippen molar-refractivity contribution in [2.75, 3.05) is 12.3 Å². The van der Waals surface area contributed by atoms with Crippen molar-refractivity contribution in [2.24, 2.45) is 0 Å². The van der Waals surface area contributed by atoms with Crippen LogP contribution in [0.3, 0.4) is 0 Å². The summed E-state index contributed by atoms with van der Waals surface area (Å²) in [6.07, 6.45) is 0.338. The molecular weight excluding hydrogens is 228 g/mol. The molecule has 0 aliphatic carbocycles. The number of hydrogen-bond donors (Lipinski definition) is 2. The van der Waals surface area contributed by atoms with Crippen LogP contribution in [0.4, 0.5) is 5.69 Å². The molecule has 18 heavy (non-hydrogen) atoms. The molecule has 0 heterocycles. The molecule has 0 saturated carbocycles. The van der Waals surface area contributed by atoms with Gasteiger partial charge in [-0.1, -0.05) is 6.07 Å². The minimum Gasteiger partial charge on any atom is -0.491 e. The molecule has 0 unspecified atom stereocenters. The Balaban J connectivity index is 2.52. The lowest BCUT2D eigenvalue weighted by Crippen LogP contribution is -2.31. The van der Waals surface area contributed by atoms with Crippen LogP contribution in [0, 0.1) is 13.8 Å². The number of rotatable bonds is 5. The van der Waals surface area contributed by atoms with Gasteiger partial charge >= 0.3 is 0 Å². The summed E-state index contributed by atoms with van der Waals surface area (Å²) in [4.78, 5) is 11.4. The number of aryl methyl sites for hydroxylation is 2. The first kappa shape index (κ1) is 14.4. The van der Waals surface area contributed by atoms with Crippen molar-refractivity contribution in [1.82, 2.24) is 5.32 Å². The highest BCUT2D eigenvalue weighted by atomic mass is 16.5. The molecule has 4 nitrogen and oxygen atoms in total. The van der Waals surface area contributed by atoms with E-state index < -0.39 is 0 Å². The van der Waals surface area contributed by atoms with Crippen molar-refractivity contribution < 1.29 is 9.53 Å². The maximum Gasteiger partial charge on any atom is 0.223 e. The molecule has 0 spiro atoms. The van der Waals surface area contributed by atoms with Gasteiger partial charge in [-0.15, -0.1) is 0 Å². The van der Waals surface area contributed by atoms with Crippen molar-refractivity contribution in [3.63, 3.8) is 0 Å². The van der Waals surface area contributed by atoms with E-state index in [-0.39, 0.29) is 11.9 Å². The Morgan fingerprint density at radius 2 is 2.06 bits per heavy atom. The SMILES string of the molecule is Cc1cc(C)c(OCCC(=O)NC(C)C)c(N)c1. The highest BCUT2D eigenvalue weighted by Gasteiger charge is 2.08. The molecular formula is C14H22N2O2. The third kappa shape index (κ3) is 4.28. The molecule has 1 rings (SSSR count). The molecule has 0 radical (unpaired) electrons. The molecule has 0 saturated heterocycles. The van der Waals surface area contributed by atoms with Crippen LogP contribution in [-0.2, 0) is 4.79 Å². The van der Waals surface area contributed by atoms with E-state index in [0.717, 1.165) is 11.1 Å². The first-order chi connectivity index (χ1) is 8.40. The lowest BCUT2D eigenvalue weighted by molar-refractivity contribution is -0.122. The van der Waals surface area contributed by atoms with Crippen LogP contribution in [0.15, 0.2) is 12.1 Å². The van der Waals surface area contributed by atoms with Crippen molar-refractivity contribution in [2.45, 2.75) is 40.2 Å². The van der Waals surface area contributed by atoms with E-state index >= 15 is 0 Å². The summed E-state index contributed by atoms with van der Waals surface area (Å²) >= 11 is 0. The Kier molecular flexibility index (Phi) is 5.01. The van der Waals surface area contributed by atoms with E-state index in [1.165, 1.54) is 0 Å². The van der Waals surface area contributed by atoms with Crippen LogP contribution in [0.1, 0.15) is 31.4 Å². The van der Waals surface area contributed by atoms with Gasteiger partial charge in [-0.05, 0) is 44.9 Å². The van der Waals surface area contributed by atoms with E-state index in [2.05, 4.69) is 5.32 Å². The summed E-state index contributed by atoms with van der Waals surface area (Å²) in [7, 11) is 0. The lowest BCUT2D eigenvalue weighted by Gasteiger charge is -2.13. The van der Waals surface area contributed by atoms with Crippen LogP contribution < -0.4 is 15.8 Å². The summed E-state index contributed by atoms with van der Waals surface area (Å²) in [5, 5.41) is 2.82.